The van der Waals surface area contributed by atoms with Gasteiger partial charge in [-0.2, -0.15) is 13.2 Å². The second kappa shape index (κ2) is 10.5. The third-order valence-electron chi connectivity index (χ3n) is 7.97. The van der Waals surface area contributed by atoms with Crippen LogP contribution in [0, 0.1) is 18.8 Å². The minimum atomic E-state index is -4.43. The quantitative estimate of drug-likeness (QED) is 0.272. The van der Waals surface area contributed by atoms with Crippen molar-refractivity contribution < 1.29 is 13.2 Å². The van der Waals surface area contributed by atoms with Gasteiger partial charge < -0.3 is 9.47 Å². The fourth-order valence-electron chi connectivity index (χ4n) is 5.67. The van der Waals surface area contributed by atoms with Crippen molar-refractivity contribution in [3.8, 4) is 0 Å². The highest BCUT2D eigenvalue weighted by atomic mass is 35.5. The molecule has 2 atom stereocenters. The van der Waals surface area contributed by atoms with Crippen molar-refractivity contribution in [3.05, 3.63) is 93.6 Å². The van der Waals surface area contributed by atoms with Crippen LogP contribution >= 0.6 is 23.2 Å². The van der Waals surface area contributed by atoms with E-state index in [4.69, 9.17) is 23.2 Å². The molecule has 0 spiro atoms. The minimum absolute atomic E-state index is 0.417. The molecule has 0 saturated carbocycles. The summed E-state index contributed by atoms with van der Waals surface area (Å²) >= 11 is 13.6. The van der Waals surface area contributed by atoms with Crippen LogP contribution in [0.25, 0.3) is 22.2 Å². The van der Waals surface area contributed by atoms with E-state index in [2.05, 4.69) is 38.5 Å². The predicted molar refractivity (Wildman–Crippen MR) is 155 cm³/mol. The molecule has 2 heterocycles. The van der Waals surface area contributed by atoms with Crippen LogP contribution in [0.4, 0.5) is 13.2 Å². The lowest BCUT2D eigenvalue weighted by molar-refractivity contribution is -0.137. The van der Waals surface area contributed by atoms with Gasteiger partial charge in [0.2, 0.25) is 0 Å². The Morgan fingerprint density at radius 2 is 1.79 bits per heavy atom. The molecule has 4 rings (SSSR count). The molecular formula is C31H33Cl2F3N2. The fourth-order valence-corrected chi connectivity index (χ4v) is 6.38. The number of alkyl halides is 3. The first-order valence-electron chi connectivity index (χ1n) is 12.7. The van der Waals surface area contributed by atoms with Crippen molar-refractivity contribution in [1.82, 2.24) is 9.47 Å². The molecule has 0 aliphatic carbocycles. The zero-order valence-corrected chi connectivity index (χ0v) is 23.8. The summed E-state index contributed by atoms with van der Waals surface area (Å²) in [6.07, 6.45) is -2.44. The first-order valence-corrected chi connectivity index (χ1v) is 13.5. The Balaban J connectivity index is 1.71. The Bertz CT molecular complexity index is 1450. The molecule has 2 aromatic carbocycles. The molecule has 1 aromatic heterocycles. The molecule has 0 unspecified atom stereocenters. The number of nitrogens with zero attached hydrogens (tertiary/aromatic N) is 2. The van der Waals surface area contributed by atoms with E-state index in [0.29, 0.717) is 49.8 Å². The molecule has 0 N–H and O–H groups in total. The van der Waals surface area contributed by atoms with Crippen LogP contribution in [0.2, 0.25) is 10.0 Å². The number of hydrogen-bond donors (Lipinski definition) is 0. The van der Waals surface area contributed by atoms with E-state index in [1.807, 2.05) is 12.1 Å². The zero-order chi connectivity index (χ0) is 28.1. The van der Waals surface area contributed by atoms with Gasteiger partial charge in [0.1, 0.15) is 0 Å². The highest BCUT2D eigenvalue weighted by Gasteiger charge is 2.32. The summed E-state index contributed by atoms with van der Waals surface area (Å²) in [7, 11) is 1.72. The number of aryl methyl sites for hydroxylation is 2. The largest absolute Gasteiger partial charge is 0.416 e. The SMILES string of the molecule is C=C(c1c(Cl)ccc(C(=C)N2CC[C@H](C(=C)CC)[C@H](C)C2)c1Cl)c1cc2c(C)cc(C(F)(F)F)cc2n1C. The summed E-state index contributed by atoms with van der Waals surface area (Å²) in [6.45, 7) is 20.7. The molecule has 0 radical (unpaired) electrons. The van der Waals surface area contributed by atoms with Gasteiger partial charge in [0.25, 0.3) is 0 Å². The minimum Gasteiger partial charge on any atom is -0.371 e. The van der Waals surface area contributed by atoms with Gasteiger partial charge in [-0.25, -0.2) is 0 Å². The molecule has 1 aliphatic heterocycles. The van der Waals surface area contributed by atoms with Gasteiger partial charge >= 0.3 is 6.18 Å². The predicted octanol–water partition coefficient (Wildman–Crippen LogP) is 9.77. The number of halogens is 5. The molecule has 202 valence electrons. The second-order valence-corrected chi connectivity index (χ2v) is 11.1. The number of allylic oxidation sites excluding steroid dienone is 1. The van der Waals surface area contributed by atoms with Crippen molar-refractivity contribution >= 4 is 45.4 Å². The Morgan fingerprint density at radius 1 is 1.11 bits per heavy atom. The van der Waals surface area contributed by atoms with E-state index in [9.17, 15) is 13.2 Å². The summed E-state index contributed by atoms with van der Waals surface area (Å²) in [5, 5.41) is 1.56. The third kappa shape index (κ3) is 5.03. The number of benzene rings is 2. The van der Waals surface area contributed by atoms with Gasteiger partial charge in [-0.1, -0.05) is 62.4 Å². The molecule has 3 aromatic rings. The maximum atomic E-state index is 13.5. The summed E-state index contributed by atoms with van der Waals surface area (Å²) in [5.41, 5.74) is 4.91. The third-order valence-corrected chi connectivity index (χ3v) is 8.68. The van der Waals surface area contributed by atoms with Crippen molar-refractivity contribution in [3.63, 3.8) is 0 Å². The summed E-state index contributed by atoms with van der Waals surface area (Å²) in [5.74, 6) is 0.932. The smallest absolute Gasteiger partial charge is 0.371 e. The lowest BCUT2D eigenvalue weighted by atomic mass is 9.80. The highest BCUT2D eigenvalue weighted by Crippen LogP contribution is 2.42. The number of rotatable bonds is 6. The van der Waals surface area contributed by atoms with Gasteiger partial charge in [-0.05, 0) is 67.5 Å². The van der Waals surface area contributed by atoms with Gasteiger partial charge in [0.05, 0.1) is 10.6 Å². The average molecular weight is 562 g/mol. The first-order chi connectivity index (χ1) is 17.8. The number of likely N-dealkylation sites (tertiary alicyclic amines) is 1. The highest BCUT2D eigenvalue weighted by molar-refractivity contribution is 6.39. The molecule has 38 heavy (non-hydrogen) atoms. The van der Waals surface area contributed by atoms with E-state index >= 15 is 0 Å². The van der Waals surface area contributed by atoms with Crippen LogP contribution in [0.5, 0.6) is 0 Å². The molecule has 7 heteroatoms. The second-order valence-electron chi connectivity index (χ2n) is 10.4. The maximum absolute atomic E-state index is 13.5. The van der Waals surface area contributed by atoms with Gasteiger partial charge in [0, 0.05) is 64.2 Å². The number of hydrogen-bond acceptors (Lipinski definition) is 1. The monoisotopic (exact) mass is 560 g/mol. The fraction of sp³-hybridized carbons (Fsp3) is 0.355. The Morgan fingerprint density at radius 3 is 2.39 bits per heavy atom. The van der Waals surface area contributed by atoms with E-state index in [1.165, 1.54) is 17.7 Å². The standard InChI is InChI=1S/C31H33Cl2F3N2/c1-8-17(2)23-11-12-38(16-19(23)4)21(6)24-9-10-26(32)29(30(24)33)20(5)27-15-25-18(3)13-22(31(34,35)36)14-28(25)37(27)7/h9-10,13-15,19,23H,2,5-6,8,11-12,16H2,1,3-4,7H3/t19-,23-/m1/s1. The number of aromatic nitrogens is 1. The molecule has 1 fully saturated rings. The summed E-state index contributed by atoms with van der Waals surface area (Å²) in [6, 6.07) is 7.82. The number of fused-ring (bicyclic) bond motifs is 1. The van der Waals surface area contributed by atoms with Crippen LogP contribution in [0.3, 0.4) is 0 Å². The zero-order valence-electron chi connectivity index (χ0n) is 22.3. The Kier molecular flexibility index (Phi) is 7.84. The van der Waals surface area contributed by atoms with Crippen molar-refractivity contribution in [2.45, 2.75) is 39.8 Å². The van der Waals surface area contributed by atoms with E-state index in [0.717, 1.165) is 42.6 Å². The van der Waals surface area contributed by atoms with Crippen LogP contribution in [-0.4, -0.2) is 22.6 Å². The van der Waals surface area contributed by atoms with Crippen LogP contribution in [0.1, 0.15) is 54.6 Å². The average Bonchev–Trinajstić information content (AvgIpc) is 3.19. The lowest BCUT2D eigenvalue weighted by Crippen LogP contribution is -2.38. The lowest BCUT2D eigenvalue weighted by Gasteiger charge is -2.40. The van der Waals surface area contributed by atoms with Crippen LogP contribution < -0.4 is 0 Å². The molecule has 1 aliphatic rings. The molecule has 1 saturated heterocycles. The molecule has 0 bridgehead atoms. The van der Waals surface area contributed by atoms with E-state index in [1.54, 1.807) is 24.6 Å². The van der Waals surface area contributed by atoms with Gasteiger partial charge in [-0.3, -0.25) is 0 Å². The van der Waals surface area contributed by atoms with Crippen molar-refractivity contribution in [2.75, 3.05) is 13.1 Å². The maximum Gasteiger partial charge on any atom is 0.416 e. The molecule has 0 amide bonds. The first kappa shape index (κ1) is 28.4. The van der Waals surface area contributed by atoms with Crippen LogP contribution in [-0.2, 0) is 13.2 Å². The van der Waals surface area contributed by atoms with Crippen molar-refractivity contribution in [2.24, 2.45) is 18.9 Å². The Labute approximate surface area is 233 Å². The van der Waals surface area contributed by atoms with Crippen LogP contribution in [0.15, 0.2) is 55.6 Å². The van der Waals surface area contributed by atoms with Gasteiger partial charge in [-0.15, -0.1) is 0 Å². The van der Waals surface area contributed by atoms with E-state index in [-0.39, 0.29) is 0 Å². The molecule has 2 nitrogen and oxygen atoms in total. The van der Waals surface area contributed by atoms with Crippen molar-refractivity contribution in [1.29, 1.82) is 0 Å². The van der Waals surface area contributed by atoms with E-state index < -0.39 is 11.7 Å². The Hall–Kier alpha value is -2.63. The summed E-state index contributed by atoms with van der Waals surface area (Å²) in [4.78, 5) is 2.25. The normalized spacial score (nSPS) is 18.2. The summed E-state index contributed by atoms with van der Waals surface area (Å²) < 4.78 is 42.1. The van der Waals surface area contributed by atoms with Gasteiger partial charge in [0.15, 0.2) is 0 Å². The molecular weight excluding hydrogens is 528 g/mol. The topological polar surface area (TPSA) is 8.17 Å². The number of piperidine rings is 1.